The van der Waals surface area contributed by atoms with Crippen LogP contribution in [0.2, 0.25) is 0 Å². The number of rotatable bonds is 4. The van der Waals surface area contributed by atoms with Gasteiger partial charge < -0.3 is 10.6 Å². The van der Waals surface area contributed by atoms with Crippen molar-refractivity contribution in [2.45, 2.75) is 59.2 Å². The van der Waals surface area contributed by atoms with E-state index in [0.29, 0.717) is 17.0 Å². The highest BCUT2D eigenvalue weighted by Crippen LogP contribution is 2.26. The molecule has 3 aromatic heterocycles. The quantitative estimate of drug-likeness (QED) is 0.491. The summed E-state index contributed by atoms with van der Waals surface area (Å²) in [5.74, 6) is 2.06. The first-order chi connectivity index (χ1) is 15.7. The molecular weight excluding hydrogens is 414 g/mol. The van der Waals surface area contributed by atoms with Crippen molar-refractivity contribution in [2.75, 3.05) is 5.32 Å². The molecule has 2 N–H and O–H groups in total. The number of anilines is 2. The van der Waals surface area contributed by atoms with Crippen molar-refractivity contribution in [2.24, 2.45) is 0 Å². The smallest absolute Gasteiger partial charge is 0.276 e. The van der Waals surface area contributed by atoms with E-state index in [1.54, 1.807) is 17.1 Å². The second-order valence-electron chi connectivity index (χ2n) is 9.84. The van der Waals surface area contributed by atoms with E-state index >= 15 is 0 Å². The Morgan fingerprint density at radius 3 is 2.61 bits per heavy atom. The maximum Gasteiger partial charge on any atom is 0.276 e. The highest BCUT2D eigenvalue weighted by atomic mass is 16.1. The van der Waals surface area contributed by atoms with Gasteiger partial charge in [0.15, 0.2) is 5.82 Å². The van der Waals surface area contributed by atoms with Crippen molar-refractivity contribution >= 4 is 22.4 Å². The van der Waals surface area contributed by atoms with Gasteiger partial charge in [-0.3, -0.25) is 4.79 Å². The Morgan fingerprint density at radius 2 is 1.85 bits per heavy atom. The van der Waals surface area contributed by atoms with Gasteiger partial charge in [-0.2, -0.15) is 0 Å². The van der Waals surface area contributed by atoms with Crippen molar-refractivity contribution in [1.82, 2.24) is 29.6 Å². The van der Waals surface area contributed by atoms with Gasteiger partial charge >= 0.3 is 0 Å². The van der Waals surface area contributed by atoms with Crippen LogP contribution in [-0.2, 0) is 18.5 Å². The SMILES string of the molecule is CC(C)n1c(=O)c2cnc(Nc3ccc4c(c3)CNC4)cc2n1-c1ccnc(C(C)(C)C)n1. The molecule has 0 atom stereocenters. The molecule has 8 nitrogen and oxygen atoms in total. The predicted octanol–water partition coefficient (Wildman–Crippen LogP) is 4.20. The molecule has 0 spiro atoms. The van der Waals surface area contributed by atoms with Crippen LogP contribution in [0, 0.1) is 0 Å². The second kappa shape index (κ2) is 7.81. The summed E-state index contributed by atoms with van der Waals surface area (Å²) in [5.41, 5.74) is 4.05. The zero-order valence-electron chi connectivity index (χ0n) is 19.7. The minimum Gasteiger partial charge on any atom is -0.340 e. The first kappa shape index (κ1) is 21.3. The van der Waals surface area contributed by atoms with Crippen molar-refractivity contribution in [3.05, 3.63) is 70.0 Å². The van der Waals surface area contributed by atoms with Gasteiger partial charge in [-0.25, -0.2) is 24.3 Å². The zero-order chi connectivity index (χ0) is 23.3. The number of aromatic nitrogens is 5. The fourth-order valence-electron chi connectivity index (χ4n) is 4.23. The molecular formula is C25H29N7O. The Hall–Kier alpha value is -3.52. The molecule has 0 bridgehead atoms. The maximum atomic E-state index is 13.3. The molecule has 170 valence electrons. The zero-order valence-corrected chi connectivity index (χ0v) is 19.7. The lowest BCUT2D eigenvalue weighted by atomic mass is 9.96. The predicted molar refractivity (Wildman–Crippen MR) is 130 cm³/mol. The Morgan fingerprint density at radius 1 is 1.06 bits per heavy atom. The maximum absolute atomic E-state index is 13.3. The molecule has 0 amide bonds. The normalized spacial score (nSPS) is 13.6. The standard InChI is InChI=1S/C25H29N7O/c1-15(2)31-23(33)19-14-28-21(29-18-7-6-16-12-26-13-17(16)10-18)11-20(19)32(31)22-8-9-27-24(30-22)25(3,4)5/h6-11,14-15,26H,12-13H2,1-5H3,(H,28,29). The molecule has 5 rings (SSSR count). The van der Waals surface area contributed by atoms with Gasteiger partial charge in [-0.15, -0.1) is 0 Å². The van der Waals surface area contributed by atoms with Gasteiger partial charge in [0.25, 0.3) is 5.56 Å². The summed E-state index contributed by atoms with van der Waals surface area (Å²) in [6.07, 6.45) is 3.40. The highest BCUT2D eigenvalue weighted by molar-refractivity contribution is 5.82. The third-order valence-corrected chi connectivity index (χ3v) is 5.89. The number of fused-ring (bicyclic) bond motifs is 2. The summed E-state index contributed by atoms with van der Waals surface area (Å²) in [6.45, 7) is 12.0. The van der Waals surface area contributed by atoms with Gasteiger partial charge in [0.2, 0.25) is 0 Å². The van der Waals surface area contributed by atoms with Crippen LogP contribution in [0.4, 0.5) is 11.5 Å². The first-order valence-electron chi connectivity index (χ1n) is 11.3. The lowest BCUT2D eigenvalue weighted by Crippen LogP contribution is -2.25. The third-order valence-electron chi connectivity index (χ3n) is 5.89. The summed E-state index contributed by atoms with van der Waals surface area (Å²) >= 11 is 0. The first-order valence-corrected chi connectivity index (χ1v) is 11.3. The van der Waals surface area contributed by atoms with Crippen LogP contribution in [0.1, 0.15) is 57.6 Å². The van der Waals surface area contributed by atoms with Crippen molar-refractivity contribution in [3.8, 4) is 5.82 Å². The Balaban J connectivity index is 1.65. The molecule has 0 radical (unpaired) electrons. The van der Waals surface area contributed by atoms with E-state index in [2.05, 4.69) is 59.6 Å². The molecule has 0 fully saturated rings. The van der Waals surface area contributed by atoms with Crippen LogP contribution in [0.15, 0.2) is 47.5 Å². The number of benzene rings is 1. The topological polar surface area (TPSA) is 89.7 Å². The van der Waals surface area contributed by atoms with Crippen molar-refractivity contribution in [1.29, 1.82) is 0 Å². The average Bonchev–Trinajstić information content (AvgIpc) is 3.35. The van der Waals surface area contributed by atoms with Gasteiger partial charge in [-0.05, 0) is 37.1 Å². The van der Waals surface area contributed by atoms with Crippen LogP contribution < -0.4 is 16.2 Å². The number of pyridine rings is 1. The van der Waals surface area contributed by atoms with Crippen LogP contribution in [0.25, 0.3) is 16.7 Å². The number of nitrogens with one attached hydrogen (secondary N) is 2. The summed E-state index contributed by atoms with van der Waals surface area (Å²) in [5, 5.41) is 7.33. The fourth-order valence-corrected chi connectivity index (χ4v) is 4.23. The molecule has 0 saturated carbocycles. The molecule has 4 aromatic rings. The molecule has 0 unspecified atom stereocenters. The average molecular weight is 444 g/mol. The summed E-state index contributed by atoms with van der Waals surface area (Å²) in [4.78, 5) is 27.1. The van der Waals surface area contributed by atoms with Crippen LogP contribution >= 0.6 is 0 Å². The number of hydrogen-bond donors (Lipinski definition) is 2. The molecule has 8 heteroatoms. The van der Waals surface area contributed by atoms with E-state index in [1.807, 2.05) is 30.7 Å². The molecule has 33 heavy (non-hydrogen) atoms. The van der Waals surface area contributed by atoms with E-state index in [0.717, 1.165) is 30.1 Å². The minimum absolute atomic E-state index is 0.0569. The Kier molecular flexibility index (Phi) is 5.05. The fraction of sp³-hybridized carbons (Fsp3) is 0.360. The molecule has 4 heterocycles. The Labute approximate surface area is 192 Å². The minimum atomic E-state index is -0.210. The number of hydrogen-bond acceptors (Lipinski definition) is 6. The Bertz CT molecular complexity index is 1410. The highest BCUT2D eigenvalue weighted by Gasteiger charge is 2.22. The van der Waals surface area contributed by atoms with Gasteiger partial charge in [0.1, 0.15) is 11.6 Å². The molecule has 0 aliphatic carbocycles. The van der Waals surface area contributed by atoms with E-state index in [1.165, 1.54) is 11.1 Å². The summed E-state index contributed by atoms with van der Waals surface area (Å²) in [7, 11) is 0. The molecule has 1 aliphatic rings. The second-order valence-corrected chi connectivity index (χ2v) is 9.84. The van der Waals surface area contributed by atoms with Crippen LogP contribution in [0.3, 0.4) is 0 Å². The van der Waals surface area contributed by atoms with Gasteiger partial charge in [0.05, 0.1) is 10.9 Å². The van der Waals surface area contributed by atoms with Gasteiger partial charge in [0, 0.05) is 54.8 Å². The molecule has 1 aromatic carbocycles. The molecule has 0 saturated heterocycles. The van der Waals surface area contributed by atoms with E-state index in [4.69, 9.17) is 4.98 Å². The summed E-state index contributed by atoms with van der Waals surface area (Å²) < 4.78 is 3.62. The lowest BCUT2D eigenvalue weighted by Gasteiger charge is -2.19. The largest absolute Gasteiger partial charge is 0.340 e. The van der Waals surface area contributed by atoms with E-state index < -0.39 is 0 Å². The number of nitrogens with zero attached hydrogens (tertiary/aromatic N) is 5. The van der Waals surface area contributed by atoms with E-state index in [-0.39, 0.29) is 17.0 Å². The third kappa shape index (κ3) is 3.80. The van der Waals surface area contributed by atoms with Crippen molar-refractivity contribution in [3.63, 3.8) is 0 Å². The van der Waals surface area contributed by atoms with Crippen LogP contribution in [-0.4, -0.2) is 24.3 Å². The van der Waals surface area contributed by atoms with Gasteiger partial charge in [-0.1, -0.05) is 26.8 Å². The molecule has 1 aliphatic heterocycles. The summed E-state index contributed by atoms with van der Waals surface area (Å²) in [6, 6.07) is 10.0. The van der Waals surface area contributed by atoms with Crippen LogP contribution in [0.5, 0.6) is 0 Å². The van der Waals surface area contributed by atoms with Crippen molar-refractivity contribution < 1.29 is 0 Å². The lowest BCUT2D eigenvalue weighted by molar-refractivity contribution is 0.468. The monoisotopic (exact) mass is 443 g/mol. The van der Waals surface area contributed by atoms with E-state index in [9.17, 15) is 4.79 Å².